The maximum absolute atomic E-state index is 12.1. The molecule has 0 fully saturated rings. The maximum Gasteiger partial charge on any atom is 0.325 e. The molecule has 7 nitrogen and oxygen atoms in total. The zero-order chi connectivity index (χ0) is 17.5. The number of benzene rings is 1. The second-order valence-corrected chi connectivity index (χ2v) is 5.85. The fourth-order valence-corrected chi connectivity index (χ4v) is 1.96. The molecule has 0 unspecified atom stereocenters. The van der Waals surface area contributed by atoms with Gasteiger partial charge in [0, 0.05) is 11.6 Å². The molecule has 2 N–H and O–H groups in total. The summed E-state index contributed by atoms with van der Waals surface area (Å²) in [5.41, 5.74) is 1.26. The lowest BCUT2D eigenvalue weighted by Crippen LogP contribution is -2.22. The van der Waals surface area contributed by atoms with E-state index in [1.807, 2.05) is 25.9 Å². The van der Waals surface area contributed by atoms with E-state index in [1.165, 1.54) is 6.20 Å². The third-order valence-corrected chi connectivity index (χ3v) is 3.24. The predicted octanol–water partition coefficient (Wildman–Crippen LogP) is 3.02. The van der Waals surface area contributed by atoms with Crippen LogP contribution in [0.15, 0.2) is 30.6 Å². The first-order valence-corrected chi connectivity index (χ1v) is 7.75. The van der Waals surface area contributed by atoms with Gasteiger partial charge >= 0.3 is 6.03 Å². The standard InChI is InChI=1S/C16H20ClN5O2/c1-11-9-19-15(10-18-11)21-16(23)20-13-8-12(17)4-5-14(13)24-7-6-22(2)3/h4-5,8-10H,6-7H2,1-3H3,(H2,19,20,21,23). The molecule has 1 heterocycles. The highest BCUT2D eigenvalue weighted by molar-refractivity contribution is 6.31. The minimum absolute atomic E-state index is 0.357. The number of carbonyl (C=O) groups excluding carboxylic acids is 1. The number of likely N-dealkylation sites (N-methyl/N-ethyl adjacent to an activating group) is 1. The van der Waals surface area contributed by atoms with Gasteiger partial charge in [0.25, 0.3) is 0 Å². The fourth-order valence-electron chi connectivity index (χ4n) is 1.79. The second kappa shape index (κ2) is 8.47. The summed E-state index contributed by atoms with van der Waals surface area (Å²) < 4.78 is 5.70. The summed E-state index contributed by atoms with van der Waals surface area (Å²) in [5.74, 6) is 0.904. The Hall–Kier alpha value is -2.38. The molecule has 1 aromatic carbocycles. The molecular formula is C16H20ClN5O2. The van der Waals surface area contributed by atoms with E-state index in [9.17, 15) is 4.79 Å². The quantitative estimate of drug-likeness (QED) is 0.838. The lowest BCUT2D eigenvalue weighted by atomic mass is 10.3. The summed E-state index contributed by atoms with van der Waals surface area (Å²) in [7, 11) is 3.92. The van der Waals surface area contributed by atoms with Crippen molar-refractivity contribution in [2.45, 2.75) is 6.92 Å². The van der Waals surface area contributed by atoms with Crippen LogP contribution in [-0.4, -0.2) is 48.1 Å². The van der Waals surface area contributed by atoms with E-state index in [4.69, 9.17) is 16.3 Å². The van der Waals surface area contributed by atoms with Crippen molar-refractivity contribution >= 4 is 29.1 Å². The Morgan fingerprint density at radius 1 is 1.25 bits per heavy atom. The highest BCUT2D eigenvalue weighted by Gasteiger charge is 2.10. The summed E-state index contributed by atoms with van der Waals surface area (Å²) in [6.45, 7) is 3.07. The van der Waals surface area contributed by atoms with E-state index in [0.717, 1.165) is 12.2 Å². The maximum atomic E-state index is 12.1. The summed E-state index contributed by atoms with van der Waals surface area (Å²) in [4.78, 5) is 22.3. The normalized spacial score (nSPS) is 10.5. The molecule has 24 heavy (non-hydrogen) atoms. The van der Waals surface area contributed by atoms with Crippen molar-refractivity contribution < 1.29 is 9.53 Å². The van der Waals surface area contributed by atoms with Gasteiger partial charge in [0.15, 0.2) is 5.82 Å². The average Bonchev–Trinajstić information content (AvgIpc) is 2.51. The van der Waals surface area contributed by atoms with Crippen LogP contribution in [-0.2, 0) is 0 Å². The monoisotopic (exact) mass is 349 g/mol. The molecule has 0 radical (unpaired) electrons. The van der Waals surface area contributed by atoms with Crippen molar-refractivity contribution in [3.8, 4) is 5.75 Å². The summed E-state index contributed by atoms with van der Waals surface area (Å²) in [5, 5.41) is 5.82. The van der Waals surface area contributed by atoms with Crippen molar-refractivity contribution in [3.05, 3.63) is 41.3 Å². The lowest BCUT2D eigenvalue weighted by Gasteiger charge is -2.15. The second-order valence-electron chi connectivity index (χ2n) is 5.41. The average molecular weight is 350 g/mol. The number of nitrogens with zero attached hydrogens (tertiary/aromatic N) is 3. The third-order valence-electron chi connectivity index (χ3n) is 3.01. The molecule has 0 aliphatic carbocycles. The first-order valence-electron chi connectivity index (χ1n) is 7.38. The molecule has 2 rings (SSSR count). The van der Waals surface area contributed by atoms with Crippen LogP contribution in [0, 0.1) is 6.92 Å². The molecule has 0 spiro atoms. The van der Waals surface area contributed by atoms with Crippen molar-refractivity contribution in [3.63, 3.8) is 0 Å². The van der Waals surface area contributed by atoms with Gasteiger partial charge < -0.3 is 15.0 Å². The number of ether oxygens (including phenoxy) is 1. The van der Waals surface area contributed by atoms with Crippen molar-refractivity contribution in [2.24, 2.45) is 0 Å². The van der Waals surface area contributed by atoms with Crippen LogP contribution >= 0.6 is 11.6 Å². The molecule has 2 aromatic rings. The van der Waals surface area contributed by atoms with Gasteiger partial charge in [-0.3, -0.25) is 10.3 Å². The Morgan fingerprint density at radius 3 is 2.71 bits per heavy atom. The number of urea groups is 1. The number of carbonyl (C=O) groups is 1. The van der Waals surface area contributed by atoms with Gasteiger partial charge in [0.1, 0.15) is 12.4 Å². The van der Waals surface area contributed by atoms with Crippen LogP contribution in [0.5, 0.6) is 5.75 Å². The Kier molecular flexibility index (Phi) is 6.34. The molecule has 0 aliphatic heterocycles. The zero-order valence-electron chi connectivity index (χ0n) is 13.8. The van der Waals surface area contributed by atoms with Crippen LogP contribution in [0.25, 0.3) is 0 Å². The number of hydrogen-bond donors (Lipinski definition) is 2. The van der Waals surface area contributed by atoms with Gasteiger partial charge in [-0.15, -0.1) is 0 Å². The van der Waals surface area contributed by atoms with Crippen molar-refractivity contribution in [1.82, 2.24) is 14.9 Å². The predicted molar refractivity (Wildman–Crippen MR) is 94.9 cm³/mol. The Morgan fingerprint density at radius 2 is 2.04 bits per heavy atom. The SMILES string of the molecule is Cc1cnc(NC(=O)Nc2cc(Cl)ccc2OCCN(C)C)cn1. The smallest absolute Gasteiger partial charge is 0.325 e. The number of aryl methyl sites for hydroxylation is 1. The molecule has 0 atom stereocenters. The van der Waals surface area contributed by atoms with Crippen LogP contribution < -0.4 is 15.4 Å². The van der Waals surface area contributed by atoms with E-state index in [1.54, 1.807) is 24.4 Å². The van der Waals surface area contributed by atoms with Crippen molar-refractivity contribution in [2.75, 3.05) is 37.9 Å². The Labute approximate surface area is 146 Å². The number of aromatic nitrogens is 2. The molecular weight excluding hydrogens is 330 g/mol. The number of nitrogens with one attached hydrogen (secondary N) is 2. The lowest BCUT2D eigenvalue weighted by molar-refractivity contribution is 0.258. The summed E-state index contributed by atoms with van der Waals surface area (Å²) in [6.07, 6.45) is 3.06. The van der Waals surface area contributed by atoms with E-state index in [2.05, 4.69) is 20.6 Å². The minimum Gasteiger partial charge on any atom is -0.490 e. The van der Waals surface area contributed by atoms with Crippen LogP contribution in [0.2, 0.25) is 5.02 Å². The van der Waals surface area contributed by atoms with Gasteiger partial charge in [0.2, 0.25) is 0 Å². The van der Waals surface area contributed by atoms with E-state index < -0.39 is 6.03 Å². The molecule has 0 saturated heterocycles. The highest BCUT2D eigenvalue weighted by Crippen LogP contribution is 2.28. The van der Waals surface area contributed by atoms with Crippen molar-refractivity contribution in [1.29, 1.82) is 0 Å². The number of anilines is 2. The fraction of sp³-hybridized carbons (Fsp3) is 0.312. The molecule has 1 aromatic heterocycles. The number of halogens is 1. The number of rotatable bonds is 6. The van der Waals surface area contributed by atoms with E-state index in [0.29, 0.717) is 28.9 Å². The molecule has 128 valence electrons. The van der Waals surface area contributed by atoms with Gasteiger partial charge in [-0.25, -0.2) is 9.78 Å². The third kappa shape index (κ3) is 5.68. The van der Waals surface area contributed by atoms with Gasteiger partial charge in [-0.1, -0.05) is 11.6 Å². The highest BCUT2D eigenvalue weighted by atomic mass is 35.5. The molecule has 0 aliphatic rings. The van der Waals surface area contributed by atoms with Gasteiger partial charge in [0.05, 0.1) is 23.8 Å². The van der Waals surface area contributed by atoms with Crippen LogP contribution in [0.3, 0.4) is 0 Å². The summed E-state index contributed by atoms with van der Waals surface area (Å²) in [6, 6.07) is 4.61. The minimum atomic E-state index is -0.451. The Balaban J connectivity index is 2.02. The van der Waals surface area contributed by atoms with Gasteiger partial charge in [-0.2, -0.15) is 0 Å². The zero-order valence-corrected chi connectivity index (χ0v) is 14.6. The first-order chi connectivity index (χ1) is 11.4. The topological polar surface area (TPSA) is 79.4 Å². The summed E-state index contributed by atoms with van der Waals surface area (Å²) >= 11 is 6.00. The molecule has 2 amide bonds. The van der Waals surface area contributed by atoms with E-state index in [-0.39, 0.29) is 0 Å². The first kappa shape index (κ1) is 18.0. The molecule has 8 heteroatoms. The number of hydrogen-bond acceptors (Lipinski definition) is 5. The number of amides is 2. The largest absolute Gasteiger partial charge is 0.490 e. The molecule has 0 saturated carbocycles. The molecule has 0 bridgehead atoms. The van der Waals surface area contributed by atoms with Crippen LogP contribution in [0.4, 0.5) is 16.3 Å². The van der Waals surface area contributed by atoms with Crippen LogP contribution in [0.1, 0.15) is 5.69 Å². The van der Waals surface area contributed by atoms with E-state index >= 15 is 0 Å². The Bertz CT molecular complexity index is 691. The van der Waals surface area contributed by atoms with Gasteiger partial charge in [-0.05, 0) is 39.2 Å².